The van der Waals surface area contributed by atoms with Gasteiger partial charge in [0.2, 0.25) is 0 Å². The van der Waals surface area contributed by atoms with Crippen LogP contribution in [0.2, 0.25) is 0 Å². The molecule has 5 heteroatoms. The molecule has 0 aliphatic rings. The van der Waals surface area contributed by atoms with Crippen LogP contribution >= 0.6 is 11.3 Å². The van der Waals surface area contributed by atoms with Crippen LogP contribution in [0.5, 0.6) is 5.75 Å². The zero-order valence-electron chi connectivity index (χ0n) is 11.4. The largest absolute Gasteiger partial charge is 0.486 e. The van der Waals surface area contributed by atoms with Crippen LogP contribution in [-0.2, 0) is 6.61 Å². The van der Waals surface area contributed by atoms with Crippen molar-refractivity contribution in [1.29, 1.82) is 0 Å². The van der Waals surface area contributed by atoms with E-state index in [1.165, 1.54) is 18.2 Å². The summed E-state index contributed by atoms with van der Waals surface area (Å²) in [6.45, 7) is 1.88. The second-order valence-corrected chi connectivity index (χ2v) is 5.84. The lowest BCUT2D eigenvalue weighted by atomic mass is 10.1. The topological polar surface area (TPSA) is 42.4 Å². The fourth-order valence-electron chi connectivity index (χ4n) is 2.10. The minimum absolute atomic E-state index is 0.252. The van der Waals surface area contributed by atoms with Crippen LogP contribution in [0.4, 0.5) is 4.39 Å². The molecular formula is C16H14FNO2S. The minimum Gasteiger partial charge on any atom is -0.486 e. The van der Waals surface area contributed by atoms with E-state index in [0.29, 0.717) is 11.3 Å². The van der Waals surface area contributed by atoms with E-state index in [4.69, 9.17) is 4.74 Å². The lowest BCUT2D eigenvalue weighted by Crippen LogP contribution is -2.01. The maximum Gasteiger partial charge on any atom is 0.140 e. The number of rotatable bonds is 4. The van der Waals surface area contributed by atoms with E-state index in [2.05, 4.69) is 4.98 Å². The smallest absolute Gasteiger partial charge is 0.140 e. The van der Waals surface area contributed by atoms with E-state index in [-0.39, 0.29) is 6.61 Å². The number of halogens is 1. The van der Waals surface area contributed by atoms with E-state index in [0.717, 1.165) is 15.2 Å². The van der Waals surface area contributed by atoms with E-state index < -0.39 is 11.9 Å². The van der Waals surface area contributed by atoms with Crippen molar-refractivity contribution >= 4 is 21.6 Å². The molecule has 0 aliphatic heterocycles. The average Bonchev–Trinajstić information content (AvgIpc) is 2.87. The lowest BCUT2D eigenvalue weighted by molar-refractivity contribution is 0.190. The van der Waals surface area contributed by atoms with E-state index in [1.807, 2.05) is 24.3 Å². The molecule has 108 valence electrons. The van der Waals surface area contributed by atoms with Gasteiger partial charge in [-0.05, 0) is 31.2 Å². The summed E-state index contributed by atoms with van der Waals surface area (Å²) in [6, 6.07) is 12.0. The number of ether oxygens (including phenoxy) is 1. The molecule has 3 aromatic rings. The van der Waals surface area contributed by atoms with Crippen LogP contribution in [0.25, 0.3) is 10.2 Å². The summed E-state index contributed by atoms with van der Waals surface area (Å²) in [5.41, 5.74) is 1.49. The van der Waals surface area contributed by atoms with E-state index in [1.54, 1.807) is 18.3 Å². The third kappa shape index (κ3) is 3.04. The van der Waals surface area contributed by atoms with Gasteiger partial charge in [-0.15, -0.1) is 11.3 Å². The van der Waals surface area contributed by atoms with Crippen molar-refractivity contribution in [2.45, 2.75) is 19.6 Å². The Balaban J connectivity index is 1.82. The molecule has 0 bridgehead atoms. The van der Waals surface area contributed by atoms with Crippen molar-refractivity contribution in [1.82, 2.24) is 4.98 Å². The van der Waals surface area contributed by atoms with Gasteiger partial charge < -0.3 is 9.84 Å². The third-order valence-electron chi connectivity index (χ3n) is 3.12. The zero-order valence-corrected chi connectivity index (χ0v) is 12.2. The average molecular weight is 303 g/mol. The summed E-state index contributed by atoms with van der Waals surface area (Å²) < 4.78 is 20.1. The molecule has 1 atom stereocenters. The Morgan fingerprint density at radius 2 is 2.10 bits per heavy atom. The van der Waals surface area contributed by atoms with Crippen molar-refractivity contribution < 1.29 is 14.2 Å². The lowest BCUT2D eigenvalue weighted by Gasteiger charge is -2.12. The van der Waals surface area contributed by atoms with Crippen molar-refractivity contribution in [2.75, 3.05) is 0 Å². The quantitative estimate of drug-likeness (QED) is 0.790. The van der Waals surface area contributed by atoms with Crippen LogP contribution in [-0.4, -0.2) is 10.1 Å². The molecule has 0 unspecified atom stereocenters. The van der Waals surface area contributed by atoms with Crippen LogP contribution in [0.15, 0.2) is 42.5 Å². The van der Waals surface area contributed by atoms with E-state index >= 15 is 0 Å². The number of benzene rings is 2. The van der Waals surface area contributed by atoms with Gasteiger partial charge in [-0.1, -0.05) is 12.1 Å². The Hall–Kier alpha value is -1.98. The summed E-state index contributed by atoms with van der Waals surface area (Å²) in [5, 5.41) is 10.5. The predicted molar refractivity (Wildman–Crippen MR) is 81.0 cm³/mol. The van der Waals surface area contributed by atoms with Gasteiger partial charge in [-0.3, -0.25) is 0 Å². The molecule has 2 aromatic carbocycles. The molecule has 3 nitrogen and oxygen atoms in total. The van der Waals surface area contributed by atoms with Crippen molar-refractivity contribution in [2.24, 2.45) is 0 Å². The Kier molecular flexibility index (Phi) is 3.86. The number of aliphatic hydroxyl groups excluding tert-OH is 1. The number of fused-ring (bicyclic) bond motifs is 1. The Morgan fingerprint density at radius 3 is 2.86 bits per heavy atom. The van der Waals surface area contributed by atoms with Crippen molar-refractivity contribution in [3.05, 3.63) is 58.9 Å². The predicted octanol–water partition coefficient (Wildman–Crippen LogP) is 4.07. The van der Waals surface area contributed by atoms with Crippen LogP contribution < -0.4 is 4.74 Å². The summed E-state index contributed by atoms with van der Waals surface area (Å²) in [4.78, 5) is 4.46. The van der Waals surface area contributed by atoms with Crippen molar-refractivity contribution in [3.8, 4) is 5.75 Å². The molecule has 3 rings (SSSR count). The molecule has 0 amide bonds. The molecule has 0 radical (unpaired) electrons. The highest BCUT2D eigenvalue weighted by atomic mass is 32.1. The molecular weight excluding hydrogens is 289 g/mol. The maximum atomic E-state index is 13.3. The molecule has 1 N–H and O–H groups in total. The maximum absolute atomic E-state index is 13.3. The first kappa shape index (κ1) is 14.0. The first-order chi connectivity index (χ1) is 10.1. The number of hydrogen-bond donors (Lipinski definition) is 1. The van der Waals surface area contributed by atoms with Crippen LogP contribution in [0.3, 0.4) is 0 Å². The zero-order chi connectivity index (χ0) is 14.8. The third-order valence-corrected chi connectivity index (χ3v) is 4.12. The first-order valence-electron chi connectivity index (χ1n) is 6.58. The number of aliphatic hydroxyl groups is 1. The standard InChI is InChI=1S/C16H14FNO2S/c1-10(19)12-7-6-11(17)8-14(12)20-9-16-18-13-4-2-3-5-15(13)21-16/h2-8,10,19H,9H2,1H3/t10-/m0/s1. The monoisotopic (exact) mass is 303 g/mol. The van der Waals surface area contributed by atoms with Gasteiger partial charge in [-0.2, -0.15) is 0 Å². The molecule has 0 fully saturated rings. The van der Waals surface area contributed by atoms with Gasteiger partial charge in [0, 0.05) is 11.6 Å². The van der Waals surface area contributed by atoms with E-state index in [9.17, 15) is 9.50 Å². The SMILES string of the molecule is C[C@H](O)c1ccc(F)cc1OCc1nc2ccccc2s1. The first-order valence-corrected chi connectivity index (χ1v) is 7.40. The second-order valence-electron chi connectivity index (χ2n) is 4.72. The van der Waals surface area contributed by atoms with Gasteiger partial charge in [0.15, 0.2) is 0 Å². The number of para-hydroxylation sites is 1. The second kappa shape index (κ2) is 5.79. The Labute approximate surface area is 125 Å². The Morgan fingerprint density at radius 1 is 1.29 bits per heavy atom. The normalized spacial score (nSPS) is 12.5. The number of nitrogens with zero attached hydrogens (tertiary/aromatic N) is 1. The van der Waals surface area contributed by atoms with Crippen molar-refractivity contribution in [3.63, 3.8) is 0 Å². The highest BCUT2D eigenvalue weighted by molar-refractivity contribution is 7.18. The van der Waals surface area contributed by atoms with Crippen LogP contribution in [0.1, 0.15) is 23.6 Å². The molecule has 0 spiro atoms. The molecule has 1 heterocycles. The summed E-state index contributed by atoms with van der Waals surface area (Å²) in [7, 11) is 0. The molecule has 21 heavy (non-hydrogen) atoms. The molecule has 1 aromatic heterocycles. The molecule has 0 saturated heterocycles. The van der Waals surface area contributed by atoms with Crippen LogP contribution in [0, 0.1) is 5.82 Å². The van der Waals surface area contributed by atoms with Gasteiger partial charge in [0.1, 0.15) is 23.2 Å². The van der Waals surface area contributed by atoms with Gasteiger partial charge >= 0.3 is 0 Å². The highest BCUT2D eigenvalue weighted by Gasteiger charge is 2.11. The number of hydrogen-bond acceptors (Lipinski definition) is 4. The van der Waals surface area contributed by atoms with Gasteiger partial charge in [0.25, 0.3) is 0 Å². The fraction of sp³-hybridized carbons (Fsp3) is 0.188. The highest BCUT2D eigenvalue weighted by Crippen LogP contribution is 2.28. The summed E-state index contributed by atoms with van der Waals surface area (Å²) >= 11 is 1.54. The Bertz CT molecular complexity index is 737. The van der Waals surface area contributed by atoms with Gasteiger partial charge in [0.05, 0.1) is 16.3 Å². The number of aromatic nitrogens is 1. The van der Waals surface area contributed by atoms with Gasteiger partial charge in [-0.25, -0.2) is 9.37 Å². The molecule has 0 saturated carbocycles. The fourth-order valence-corrected chi connectivity index (χ4v) is 2.98. The summed E-state index contributed by atoms with van der Waals surface area (Å²) in [6.07, 6.45) is -0.712. The number of thiazole rings is 1. The summed E-state index contributed by atoms with van der Waals surface area (Å²) in [5.74, 6) is -0.0389. The minimum atomic E-state index is -0.712. The molecule has 0 aliphatic carbocycles.